The molecule has 0 atom stereocenters. The summed E-state index contributed by atoms with van der Waals surface area (Å²) in [4.78, 5) is 9.05. The number of fused-ring (bicyclic) bond motifs is 1. The minimum absolute atomic E-state index is 0.0825. The summed E-state index contributed by atoms with van der Waals surface area (Å²) < 4.78 is 2.07. The molecule has 0 saturated carbocycles. The molecule has 5 heteroatoms. The molecule has 0 radical (unpaired) electrons. The molecule has 3 rings (SSSR count). The van der Waals surface area contributed by atoms with Gasteiger partial charge >= 0.3 is 0 Å². The van der Waals surface area contributed by atoms with Crippen molar-refractivity contribution in [3.05, 3.63) is 36.5 Å². The van der Waals surface area contributed by atoms with Crippen LogP contribution in [0.3, 0.4) is 0 Å². The van der Waals surface area contributed by atoms with Crippen LogP contribution in [0.25, 0.3) is 22.6 Å². The lowest BCUT2D eigenvalue weighted by molar-refractivity contribution is 0.478. The molecule has 0 spiro atoms. The van der Waals surface area contributed by atoms with Gasteiger partial charge < -0.3 is 15.4 Å². The standard InChI is InChI=1S/C15H16N4O/c1-9(2)19-14(10-5-6-13(20)11(16)8-10)18-12-4-3-7-17-15(12)19/h3-9,20H,16H2,1-2H3. The number of benzene rings is 1. The number of rotatable bonds is 2. The quantitative estimate of drug-likeness (QED) is 0.553. The number of nitrogens with zero attached hydrogens (tertiary/aromatic N) is 3. The summed E-state index contributed by atoms with van der Waals surface area (Å²) in [6.45, 7) is 4.17. The van der Waals surface area contributed by atoms with Gasteiger partial charge in [-0.05, 0) is 44.2 Å². The highest BCUT2D eigenvalue weighted by molar-refractivity contribution is 5.78. The number of nitrogen functional groups attached to an aromatic ring is 1. The van der Waals surface area contributed by atoms with Gasteiger partial charge in [0.2, 0.25) is 0 Å². The van der Waals surface area contributed by atoms with Crippen molar-refractivity contribution in [1.82, 2.24) is 14.5 Å². The van der Waals surface area contributed by atoms with E-state index in [1.54, 1.807) is 18.3 Å². The maximum Gasteiger partial charge on any atom is 0.160 e. The van der Waals surface area contributed by atoms with Crippen molar-refractivity contribution >= 4 is 16.9 Å². The van der Waals surface area contributed by atoms with Crippen LogP contribution >= 0.6 is 0 Å². The number of hydrogen-bond donors (Lipinski definition) is 2. The smallest absolute Gasteiger partial charge is 0.160 e. The van der Waals surface area contributed by atoms with Crippen molar-refractivity contribution in [2.45, 2.75) is 19.9 Å². The van der Waals surface area contributed by atoms with E-state index in [4.69, 9.17) is 5.73 Å². The normalized spacial score (nSPS) is 11.3. The lowest BCUT2D eigenvalue weighted by atomic mass is 10.1. The van der Waals surface area contributed by atoms with Gasteiger partial charge in [-0.1, -0.05) is 0 Å². The van der Waals surface area contributed by atoms with Gasteiger partial charge in [-0.25, -0.2) is 9.97 Å². The van der Waals surface area contributed by atoms with E-state index in [0.29, 0.717) is 5.69 Å². The predicted octanol–water partition coefficient (Wildman–Crippen LogP) is 2.97. The molecule has 20 heavy (non-hydrogen) atoms. The summed E-state index contributed by atoms with van der Waals surface area (Å²) in [5.74, 6) is 0.888. The van der Waals surface area contributed by atoms with Gasteiger partial charge in [0.25, 0.3) is 0 Å². The third-order valence-electron chi connectivity index (χ3n) is 3.25. The van der Waals surface area contributed by atoms with Crippen LogP contribution in [0.1, 0.15) is 19.9 Å². The van der Waals surface area contributed by atoms with Gasteiger partial charge in [-0.15, -0.1) is 0 Å². The molecular formula is C15H16N4O. The average Bonchev–Trinajstić information content (AvgIpc) is 2.81. The van der Waals surface area contributed by atoms with E-state index in [0.717, 1.165) is 22.6 Å². The third-order valence-corrected chi connectivity index (χ3v) is 3.25. The van der Waals surface area contributed by atoms with Gasteiger partial charge in [0, 0.05) is 17.8 Å². The largest absolute Gasteiger partial charge is 0.506 e. The molecular weight excluding hydrogens is 252 g/mol. The molecule has 0 aliphatic heterocycles. The number of phenolic OH excluding ortho intramolecular Hbond substituents is 1. The van der Waals surface area contributed by atoms with Gasteiger partial charge in [0.1, 0.15) is 17.1 Å². The molecule has 2 aromatic heterocycles. The Bertz CT molecular complexity index is 777. The highest BCUT2D eigenvalue weighted by Crippen LogP contribution is 2.30. The minimum atomic E-state index is 0.0825. The Morgan fingerprint density at radius 3 is 2.75 bits per heavy atom. The Kier molecular flexibility index (Phi) is 2.82. The first-order valence-corrected chi connectivity index (χ1v) is 6.49. The van der Waals surface area contributed by atoms with Crippen molar-refractivity contribution in [2.75, 3.05) is 5.73 Å². The second-order valence-corrected chi connectivity index (χ2v) is 5.02. The number of aromatic nitrogens is 3. The van der Waals surface area contributed by atoms with E-state index in [1.807, 2.05) is 18.2 Å². The zero-order valence-corrected chi connectivity index (χ0v) is 11.4. The molecule has 5 nitrogen and oxygen atoms in total. The molecule has 3 N–H and O–H groups in total. The number of nitrogens with two attached hydrogens (primary N) is 1. The van der Waals surface area contributed by atoms with Crippen LogP contribution in [0.4, 0.5) is 5.69 Å². The maximum atomic E-state index is 9.54. The minimum Gasteiger partial charge on any atom is -0.506 e. The van der Waals surface area contributed by atoms with Crippen molar-refractivity contribution in [1.29, 1.82) is 0 Å². The molecule has 0 unspecified atom stereocenters. The highest BCUT2D eigenvalue weighted by atomic mass is 16.3. The Balaban J connectivity index is 2.29. The number of phenols is 1. The molecule has 0 aliphatic carbocycles. The summed E-state index contributed by atoms with van der Waals surface area (Å²) in [7, 11) is 0. The van der Waals surface area contributed by atoms with Crippen LogP contribution in [0.2, 0.25) is 0 Å². The number of imidazole rings is 1. The van der Waals surface area contributed by atoms with Crippen molar-refractivity contribution in [3.63, 3.8) is 0 Å². The monoisotopic (exact) mass is 268 g/mol. The Hall–Kier alpha value is -2.56. The molecule has 0 aliphatic rings. The second kappa shape index (κ2) is 4.52. The van der Waals surface area contributed by atoms with Crippen LogP contribution in [-0.2, 0) is 0 Å². The van der Waals surface area contributed by atoms with Gasteiger partial charge in [0.05, 0.1) is 5.69 Å². The Morgan fingerprint density at radius 2 is 2.05 bits per heavy atom. The van der Waals surface area contributed by atoms with Crippen molar-refractivity contribution in [3.8, 4) is 17.1 Å². The lowest BCUT2D eigenvalue weighted by Crippen LogP contribution is -2.04. The SMILES string of the molecule is CC(C)n1c(-c2ccc(O)c(N)c2)nc2cccnc21. The summed E-state index contributed by atoms with van der Waals surface area (Å²) in [5, 5.41) is 9.54. The number of hydrogen-bond acceptors (Lipinski definition) is 4. The zero-order valence-electron chi connectivity index (χ0n) is 11.4. The van der Waals surface area contributed by atoms with Crippen LogP contribution < -0.4 is 5.73 Å². The number of anilines is 1. The van der Waals surface area contributed by atoms with Crippen LogP contribution in [0, 0.1) is 0 Å². The first kappa shape index (κ1) is 12.5. The van der Waals surface area contributed by atoms with Gasteiger partial charge in [-0.3, -0.25) is 0 Å². The first-order valence-electron chi connectivity index (χ1n) is 6.49. The zero-order chi connectivity index (χ0) is 14.3. The molecule has 3 aromatic rings. The summed E-state index contributed by atoms with van der Waals surface area (Å²) in [6.07, 6.45) is 1.76. The molecule has 0 amide bonds. The fraction of sp³-hybridized carbons (Fsp3) is 0.200. The maximum absolute atomic E-state index is 9.54. The van der Waals surface area contributed by atoms with E-state index >= 15 is 0 Å². The topological polar surface area (TPSA) is 77.0 Å². The number of aromatic hydroxyl groups is 1. The fourth-order valence-corrected chi connectivity index (χ4v) is 2.32. The molecule has 2 heterocycles. The molecule has 1 aromatic carbocycles. The van der Waals surface area contributed by atoms with Crippen LogP contribution in [-0.4, -0.2) is 19.6 Å². The van der Waals surface area contributed by atoms with E-state index < -0.39 is 0 Å². The van der Waals surface area contributed by atoms with Crippen LogP contribution in [0.5, 0.6) is 5.75 Å². The summed E-state index contributed by atoms with van der Waals surface area (Å²) >= 11 is 0. The summed E-state index contributed by atoms with van der Waals surface area (Å²) in [5.41, 5.74) is 8.69. The fourth-order valence-electron chi connectivity index (χ4n) is 2.32. The van der Waals surface area contributed by atoms with Crippen molar-refractivity contribution in [2.24, 2.45) is 0 Å². The van der Waals surface area contributed by atoms with E-state index in [2.05, 4.69) is 28.4 Å². The molecule has 102 valence electrons. The Morgan fingerprint density at radius 1 is 1.25 bits per heavy atom. The van der Waals surface area contributed by atoms with Crippen molar-refractivity contribution < 1.29 is 5.11 Å². The van der Waals surface area contributed by atoms with E-state index in [-0.39, 0.29) is 11.8 Å². The first-order chi connectivity index (χ1) is 9.58. The highest BCUT2D eigenvalue weighted by Gasteiger charge is 2.16. The second-order valence-electron chi connectivity index (χ2n) is 5.02. The molecule has 0 fully saturated rings. The molecule has 0 bridgehead atoms. The Labute approximate surface area is 116 Å². The van der Waals surface area contributed by atoms with Gasteiger partial charge in [0.15, 0.2) is 5.65 Å². The average molecular weight is 268 g/mol. The van der Waals surface area contributed by atoms with Crippen LogP contribution in [0.15, 0.2) is 36.5 Å². The molecule has 0 saturated heterocycles. The lowest BCUT2D eigenvalue weighted by Gasteiger charge is -2.12. The van der Waals surface area contributed by atoms with E-state index in [1.165, 1.54) is 0 Å². The van der Waals surface area contributed by atoms with E-state index in [9.17, 15) is 5.11 Å². The summed E-state index contributed by atoms with van der Waals surface area (Å²) in [6, 6.07) is 9.16. The van der Waals surface area contributed by atoms with Gasteiger partial charge in [-0.2, -0.15) is 0 Å². The predicted molar refractivity (Wildman–Crippen MR) is 79.4 cm³/mol. The third kappa shape index (κ3) is 1.87. The number of pyridine rings is 1.